The molecule has 2 nitrogen and oxygen atoms in total. The predicted octanol–water partition coefficient (Wildman–Crippen LogP) is 3.50. The van der Waals surface area contributed by atoms with Gasteiger partial charge in [0, 0.05) is 11.1 Å². The summed E-state index contributed by atoms with van der Waals surface area (Å²) in [7, 11) is 1.99. The number of rotatable bonds is 7. The summed E-state index contributed by atoms with van der Waals surface area (Å²) < 4.78 is 5.60. The van der Waals surface area contributed by atoms with Crippen LogP contribution in [0.4, 0.5) is 0 Å². The van der Waals surface area contributed by atoms with Gasteiger partial charge < -0.3 is 10.1 Å². The number of halogens is 1. The molecule has 1 aromatic carbocycles. The lowest BCUT2D eigenvalue weighted by Gasteiger charge is -2.10. The summed E-state index contributed by atoms with van der Waals surface area (Å²) in [5.74, 6) is 0.895. The second-order valence-electron chi connectivity index (χ2n) is 3.99. The van der Waals surface area contributed by atoms with Crippen LogP contribution in [0.2, 0.25) is 5.02 Å². The van der Waals surface area contributed by atoms with Crippen molar-refractivity contribution in [2.75, 3.05) is 13.7 Å². The van der Waals surface area contributed by atoms with E-state index in [1.54, 1.807) is 0 Å². The molecule has 1 rings (SSSR count). The van der Waals surface area contributed by atoms with Crippen LogP contribution in [0.25, 0.3) is 0 Å². The normalized spacial score (nSPS) is 12.4. The Bertz CT molecular complexity index is 286. The van der Waals surface area contributed by atoms with E-state index in [1.807, 2.05) is 31.3 Å². The molecule has 0 fully saturated rings. The summed E-state index contributed by atoms with van der Waals surface area (Å²) in [5, 5.41) is 3.97. The second kappa shape index (κ2) is 7.53. The van der Waals surface area contributed by atoms with E-state index in [-0.39, 0.29) is 0 Å². The van der Waals surface area contributed by atoms with Crippen LogP contribution >= 0.6 is 11.6 Å². The zero-order chi connectivity index (χ0) is 11.8. The predicted molar refractivity (Wildman–Crippen MR) is 69.3 cm³/mol. The van der Waals surface area contributed by atoms with E-state index in [2.05, 4.69) is 12.2 Å². The van der Waals surface area contributed by atoms with Crippen LogP contribution in [0.5, 0.6) is 5.75 Å². The van der Waals surface area contributed by atoms with E-state index in [1.165, 1.54) is 12.8 Å². The van der Waals surface area contributed by atoms with Gasteiger partial charge in [-0.1, -0.05) is 11.6 Å². The Morgan fingerprint density at radius 2 is 1.94 bits per heavy atom. The van der Waals surface area contributed by atoms with E-state index in [9.17, 15) is 0 Å². The third-order valence-electron chi connectivity index (χ3n) is 2.61. The smallest absolute Gasteiger partial charge is 0.119 e. The molecule has 0 aliphatic heterocycles. The minimum Gasteiger partial charge on any atom is -0.494 e. The topological polar surface area (TPSA) is 21.3 Å². The average Bonchev–Trinajstić information content (AvgIpc) is 2.31. The largest absolute Gasteiger partial charge is 0.494 e. The molecule has 1 aromatic rings. The van der Waals surface area contributed by atoms with E-state index in [0.717, 1.165) is 23.8 Å². The number of ether oxygens (including phenoxy) is 1. The summed E-state index contributed by atoms with van der Waals surface area (Å²) in [6, 6.07) is 8.09. The summed E-state index contributed by atoms with van der Waals surface area (Å²) in [4.78, 5) is 0. The summed E-state index contributed by atoms with van der Waals surface area (Å²) in [6.07, 6.45) is 3.48. The van der Waals surface area contributed by atoms with Crippen molar-refractivity contribution in [2.45, 2.75) is 32.2 Å². The number of hydrogen-bond acceptors (Lipinski definition) is 2. The van der Waals surface area contributed by atoms with Gasteiger partial charge in [0.15, 0.2) is 0 Å². The highest BCUT2D eigenvalue weighted by atomic mass is 35.5. The fourth-order valence-corrected chi connectivity index (χ4v) is 1.54. The van der Waals surface area contributed by atoms with Crippen molar-refractivity contribution in [3.05, 3.63) is 29.3 Å². The zero-order valence-corrected chi connectivity index (χ0v) is 10.8. The number of hydrogen-bond donors (Lipinski definition) is 1. The van der Waals surface area contributed by atoms with Crippen LogP contribution in [-0.4, -0.2) is 19.7 Å². The monoisotopic (exact) mass is 241 g/mol. The molecule has 16 heavy (non-hydrogen) atoms. The highest BCUT2D eigenvalue weighted by molar-refractivity contribution is 6.30. The lowest BCUT2D eigenvalue weighted by atomic mass is 10.1. The Labute approximate surface area is 103 Å². The van der Waals surface area contributed by atoms with E-state index in [4.69, 9.17) is 16.3 Å². The first-order chi connectivity index (χ1) is 7.72. The van der Waals surface area contributed by atoms with E-state index < -0.39 is 0 Å². The molecule has 0 radical (unpaired) electrons. The number of unbranched alkanes of at least 4 members (excludes halogenated alkanes) is 1. The minimum atomic E-state index is 0.593. The molecule has 0 aliphatic rings. The fourth-order valence-electron chi connectivity index (χ4n) is 1.42. The van der Waals surface area contributed by atoms with Gasteiger partial charge in [-0.25, -0.2) is 0 Å². The maximum atomic E-state index is 5.78. The van der Waals surface area contributed by atoms with Gasteiger partial charge in [0.1, 0.15) is 5.75 Å². The Hall–Kier alpha value is -0.730. The highest BCUT2D eigenvalue weighted by Crippen LogP contribution is 2.15. The Morgan fingerprint density at radius 3 is 2.56 bits per heavy atom. The first-order valence-corrected chi connectivity index (χ1v) is 6.16. The Kier molecular flexibility index (Phi) is 6.27. The molecule has 0 saturated carbocycles. The molecule has 0 spiro atoms. The van der Waals surface area contributed by atoms with Gasteiger partial charge in [0.05, 0.1) is 6.61 Å². The van der Waals surface area contributed by atoms with Crippen molar-refractivity contribution in [3.8, 4) is 5.75 Å². The van der Waals surface area contributed by atoms with Crippen molar-refractivity contribution in [3.63, 3.8) is 0 Å². The lowest BCUT2D eigenvalue weighted by molar-refractivity contribution is 0.302. The van der Waals surface area contributed by atoms with Gasteiger partial charge in [0.2, 0.25) is 0 Å². The van der Waals surface area contributed by atoms with E-state index >= 15 is 0 Å². The molecule has 3 heteroatoms. The zero-order valence-electron chi connectivity index (χ0n) is 10.0. The van der Waals surface area contributed by atoms with Gasteiger partial charge in [-0.05, 0) is 57.5 Å². The van der Waals surface area contributed by atoms with Crippen LogP contribution in [0.15, 0.2) is 24.3 Å². The molecule has 0 aromatic heterocycles. The van der Waals surface area contributed by atoms with Crippen LogP contribution in [0.3, 0.4) is 0 Å². The molecule has 0 amide bonds. The fraction of sp³-hybridized carbons (Fsp3) is 0.538. The maximum absolute atomic E-state index is 5.78. The molecular weight excluding hydrogens is 222 g/mol. The standard InChI is InChI=1S/C13H20ClNO/c1-11(15-2)5-3-4-10-16-13-8-6-12(14)7-9-13/h6-9,11,15H,3-5,10H2,1-2H3. The highest BCUT2D eigenvalue weighted by Gasteiger charge is 1.98. The first kappa shape index (κ1) is 13.3. The lowest BCUT2D eigenvalue weighted by Crippen LogP contribution is -2.20. The van der Waals surface area contributed by atoms with Gasteiger partial charge in [-0.15, -0.1) is 0 Å². The van der Waals surface area contributed by atoms with Crippen LogP contribution in [0.1, 0.15) is 26.2 Å². The van der Waals surface area contributed by atoms with Crippen molar-refractivity contribution < 1.29 is 4.74 Å². The molecular formula is C13H20ClNO. The third-order valence-corrected chi connectivity index (χ3v) is 2.86. The Balaban J connectivity index is 2.09. The molecule has 1 N–H and O–H groups in total. The van der Waals surface area contributed by atoms with Crippen LogP contribution < -0.4 is 10.1 Å². The molecule has 0 bridgehead atoms. The molecule has 1 unspecified atom stereocenters. The van der Waals surface area contributed by atoms with Gasteiger partial charge >= 0.3 is 0 Å². The minimum absolute atomic E-state index is 0.593. The van der Waals surface area contributed by atoms with E-state index in [0.29, 0.717) is 6.04 Å². The van der Waals surface area contributed by atoms with Crippen LogP contribution in [-0.2, 0) is 0 Å². The molecule has 1 atom stereocenters. The van der Waals surface area contributed by atoms with Gasteiger partial charge in [0.25, 0.3) is 0 Å². The second-order valence-corrected chi connectivity index (χ2v) is 4.42. The quantitative estimate of drug-likeness (QED) is 0.738. The third kappa shape index (κ3) is 5.38. The van der Waals surface area contributed by atoms with Gasteiger partial charge in [-0.2, -0.15) is 0 Å². The Morgan fingerprint density at radius 1 is 1.25 bits per heavy atom. The first-order valence-electron chi connectivity index (χ1n) is 5.78. The summed E-state index contributed by atoms with van der Waals surface area (Å²) >= 11 is 5.78. The molecule has 0 saturated heterocycles. The molecule has 90 valence electrons. The SMILES string of the molecule is CNC(C)CCCCOc1ccc(Cl)cc1. The van der Waals surface area contributed by atoms with Crippen molar-refractivity contribution >= 4 is 11.6 Å². The van der Waals surface area contributed by atoms with Crippen molar-refractivity contribution in [2.24, 2.45) is 0 Å². The summed E-state index contributed by atoms with van der Waals surface area (Å²) in [6.45, 7) is 2.97. The average molecular weight is 242 g/mol. The summed E-state index contributed by atoms with van der Waals surface area (Å²) in [5.41, 5.74) is 0. The number of nitrogens with one attached hydrogen (secondary N) is 1. The van der Waals surface area contributed by atoms with Crippen molar-refractivity contribution in [1.29, 1.82) is 0 Å². The van der Waals surface area contributed by atoms with Crippen LogP contribution in [0, 0.1) is 0 Å². The van der Waals surface area contributed by atoms with Crippen molar-refractivity contribution in [1.82, 2.24) is 5.32 Å². The molecule has 0 aliphatic carbocycles. The van der Waals surface area contributed by atoms with Gasteiger partial charge in [-0.3, -0.25) is 0 Å². The maximum Gasteiger partial charge on any atom is 0.119 e. The molecule has 0 heterocycles. The number of benzene rings is 1.